The number of hydrogen-bond donors (Lipinski definition) is 0. The van der Waals surface area contributed by atoms with Crippen molar-refractivity contribution < 1.29 is 0 Å². The fourth-order valence-corrected chi connectivity index (χ4v) is 8.08. The van der Waals surface area contributed by atoms with E-state index < -0.39 is 0 Å². The zero-order valence-electron chi connectivity index (χ0n) is 30.1. The molecule has 0 radical (unpaired) electrons. The third-order valence-corrected chi connectivity index (χ3v) is 10.3. The molecular formula is C50H43B. The summed E-state index contributed by atoms with van der Waals surface area (Å²) in [5.41, 5.74) is 13.8. The Morgan fingerprint density at radius 1 is 0.608 bits per heavy atom. The van der Waals surface area contributed by atoms with E-state index in [1.165, 1.54) is 87.6 Å². The van der Waals surface area contributed by atoms with Gasteiger partial charge in [0.15, 0.2) is 0 Å². The number of rotatable bonds is 9. The lowest BCUT2D eigenvalue weighted by atomic mass is 9.34. The standard InChI is InChI=1S/C50H43B/c1-7-10-24-42-36(6)47(39(18-8-2)19-9-3)45-32-31-41(33-46(45)48(42)40-22-12-11-13-23-40)51(49-34(4)27-29-37-20-14-16-25-43(37)49)50-35(5)28-30-38-21-15-17-26-44(38)50/h7-33H,1-2H2,3-6H3/b19-9-,24-10-,39-18+. The summed E-state index contributed by atoms with van der Waals surface area (Å²) in [5, 5.41) is 7.55. The Morgan fingerprint density at radius 3 is 1.80 bits per heavy atom. The summed E-state index contributed by atoms with van der Waals surface area (Å²) in [6.45, 7) is 17.0. The molecule has 1 heteroatoms. The molecule has 7 aromatic carbocycles. The Labute approximate surface area is 303 Å². The average Bonchev–Trinajstić information content (AvgIpc) is 3.16. The van der Waals surface area contributed by atoms with Crippen molar-refractivity contribution >= 4 is 67.1 Å². The quantitative estimate of drug-likeness (QED) is 0.107. The van der Waals surface area contributed by atoms with Crippen molar-refractivity contribution in [2.24, 2.45) is 0 Å². The second-order valence-corrected chi connectivity index (χ2v) is 13.4. The van der Waals surface area contributed by atoms with Gasteiger partial charge in [0.2, 0.25) is 6.71 Å². The maximum absolute atomic E-state index is 4.09. The van der Waals surface area contributed by atoms with E-state index in [1.54, 1.807) is 0 Å². The van der Waals surface area contributed by atoms with Crippen LogP contribution in [0.3, 0.4) is 0 Å². The van der Waals surface area contributed by atoms with E-state index in [0.717, 1.165) is 5.57 Å². The van der Waals surface area contributed by atoms with Crippen LogP contribution in [0, 0.1) is 20.8 Å². The summed E-state index contributed by atoms with van der Waals surface area (Å²) in [7, 11) is 0. The second kappa shape index (κ2) is 14.5. The van der Waals surface area contributed by atoms with E-state index >= 15 is 0 Å². The zero-order valence-corrected chi connectivity index (χ0v) is 30.1. The number of hydrogen-bond acceptors (Lipinski definition) is 0. The summed E-state index contributed by atoms with van der Waals surface area (Å²) < 4.78 is 0. The first-order chi connectivity index (χ1) is 25.0. The molecule has 7 rings (SSSR count). The Hall–Kier alpha value is -5.92. The van der Waals surface area contributed by atoms with Crippen LogP contribution in [0.15, 0.2) is 171 Å². The topological polar surface area (TPSA) is 0 Å². The van der Waals surface area contributed by atoms with Gasteiger partial charge in [0, 0.05) is 0 Å². The molecule has 0 aliphatic carbocycles. The lowest BCUT2D eigenvalue weighted by Crippen LogP contribution is -2.54. The van der Waals surface area contributed by atoms with Gasteiger partial charge in [0.05, 0.1) is 0 Å². The van der Waals surface area contributed by atoms with Gasteiger partial charge in [-0.05, 0) is 93.4 Å². The molecule has 0 aromatic heterocycles. The minimum atomic E-state index is -0.00845. The van der Waals surface area contributed by atoms with Gasteiger partial charge >= 0.3 is 0 Å². The predicted octanol–water partition coefficient (Wildman–Crippen LogP) is 11.6. The van der Waals surface area contributed by atoms with Gasteiger partial charge in [-0.3, -0.25) is 0 Å². The van der Waals surface area contributed by atoms with Crippen molar-refractivity contribution in [2.45, 2.75) is 27.7 Å². The van der Waals surface area contributed by atoms with Crippen LogP contribution in [0.5, 0.6) is 0 Å². The van der Waals surface area contributed by atoms with Gasteiger partial charge in [0.25, 0.3) is 0 Å². The maximum atomic E-state index is 4.09. The molecule has 0 aliphatic rings. The highest BCUT2D eigenvalue weighted by Crippen LogP contribution is 2.41. The van der Waals surface area contributed by atoms with Gasteiger partial charge in [-0.25, -0.2) is 0 Å². The lowest BCUT2D eigenvalue weighted by molar-refractivity contribution is 1.43. The smallest absolute Gasteiger partial charge is 0.0991 e. The molecule has 0 spiro atoms. The SMILES string of the molecule is C=C/C=C\c1c(C)c(C(/C=C\C)=C/C=C)c2ccc(B(c3c(C)ccc4ccccc34)c3c(C)ccc4ccccc34)cc2c1-c1ccccc1. The molecule has 0 unspecified atom stereocenters. The van der Waals surface area contributed by atoms with Gasteiger partial charge < -0.3 is 0 Å². The van der Waals surface area contributed by atoms with Gasteiger partial charge in [-0.15, -0.1) is 0 Å². The van der Waals surface area contributed by atoms with Crippen molar-refractivity contribution in [1.82, 2.24) is 0 Å². The molecule has 0 heterocycles. The number of benzene rings is 7. The fourth-order valence-electron chi connectivity index (χ4n) is 8.08. The molecule has 0 N–H and O–H groups in total. The predicted molar refractivity (Wildman–Crippen MR) is 228 cm³/mol. The van der Waals surface area contributed by atoms with Crippen molar-refractivity contribution in [2.75, 3.05) is 0 Å². The number of aryl methyl sites for hydroxylation is 2. The molecule has 0 aliphatic heterocycles. The Bertz CT molecular complexity index is 2460. The van der Waals surface area contributed by atoms with E-state index in [2.05, 4.69) is 193 Å². The molecular weight excluding hydrogens is 611 g/mol. The number of allylic oxidation sites excluding steroid dienone is 7. The van der Waals surface area contributed by atoms with Crippen LogP contribution in [0.25, 0.3) is 55.1 Å². The molecule has 0 fully saturated rings. The van der Waals surface area contributed by atoms with E-state index in [4.69, 9.17) is 0 Å². The van der Waals surface area contributed by atoms with E-state index in [1.807, 2.05) is 12.2 Å². The summed E-state index contributed by atoms with van der Waals surface area (Å²) >= 11 is 0. The minimum Gasteiger partial charge on any atom is -0.0991 e. The van der Waals surface area contributed by atoms with Gasteiger partial charge in [-0.1, -0.05) is 205 Å². The highest BCUT2D eigenvalue weighted by atomic mass is 14.2. The van der Waals surface area contributed by atoms with E-state index in [-0.39, 0.29) is 6.71 Å². The molecule has 51 heavy (non-hydrogen) atoms. The van der Waals surface area contributed by atoms with Crippen molar-refractivity contribution in [3.05, 3.63) is 199 Å². The molecule has 0 saturated heterocycles. The van der Waals surface area contributed by atoms with Crippen molar-refractivity contribution in [3.63, 3.8) is 0 Å². The molecule has 0 bridgehead atoms. The molecule has 7 aromatic rings. The summed E-state index contributed by atoms with van der Waals surface area (Å²) in [6.07, 6.45) is 14.5. The highest BCUT2D eigenvalue weighted by molar-refractivity contribution is 6.98. The first kappa shape index (κ1) is 33.6. The van der Waals surface area contributed by atoms with E-state index in [9.17, 15) is 0 Å². The van der Waals surface area contributed by atoms with Crippen molar-refractivity contribution in [3.8, 4) is 11.1 Å². The Morgan fingerprint density at radius 2 is 1.22 bits per heavy atom. The van der Waals surface area contributed by atoms with Crippen LogP contribution in [0.2, 0.25) is 0 Å². The molecule has 0 amide bonds. The Kier molecular flexibility index (Phi) is 9.56. The third-order valence-electron chi connectivity index (χ3n) is 10.3. The van der Waals surface area contributed by atoms with Crippen molar-refractivity contribution in [1.29, 1.82) is 0 Å². The minimum absolute atomic E-state index is 0.00845. The van der Waals surface area contributed by atoms with Crippen LogP contribution in [-0.4, -0.2) is 6.71 Å². The third kappa shape index (κ3) is 6.11. The van der Waals surface area contributed by atoms with Gasteiger partial charge in [-0.2, -0.15) is 0 Å². The molecule has 0 saturated carbocycles. The first-order valence-electron chi connectivity index (χ1n) is 17.8. The van der Waals surface area contributed by atoms with Gasteiger partial charge in [0.1, 0.15) is 0 Å². The monoisotopic (exact) mass is 654 g/mol. The van der Waals surface area contributed by atoms with Crippen LogP contribution in [-0.2, 0) is 0 Å². The number of fused-ring (bicyclic) bond motifs is 3. The van der Waals surface area contributed by atoms with Crippen LogP contribution in [0.4, 0.5) is 0 Å². The normalized spacial score (nSPS) is 12.0. The van der Waals surface area contributed by atoms with E-state index in [0.29, 0.717) is 0 Å². The highest BCUT2D eigenvalue weighted by Gasteiger charge is 2.30. The summed E-state index contributed by atoms with van der Waals surface area (Å²) in [6, 6.07) is 44.9. The molecule has 0 nitrogen and oxygen atoms in total. The average molecular weight is 655 g/mol. The maximum Gasteiger partial charge on any atom is 0.243 e. The fraction of sp³-hybridized carbons (Fsp3) is 0.0800. The zero-order chi connectivity index (χ0) is 35.5. The summed E-state index contributed by atoms with van der Waals surface area (Å²) in [5.74, 6) is 0. The largest absolute Gasteiger partial charge is 0.243 e. The molecule has 246 valence electrons. The summed E-state index contributed by atoms with van der Waals surface area (Å²) in [4.78, 5) is 0. The second-order valence-electron chi connectivity index (χ2n) is 13.4. The van der Waals surface area contributed by atoms with Crippen LogP contribution in [0.1, 0.15) is 34.7 Å². The Balaban J connectivity index is 1.68. The lowest BCUT2D eigenvalue weighted by Gasteiger charge is -2.25. The molecule has 0 atom stereocenters. The van der Waals surface area contributed by atoms with Crippen LogP contribution < -0.4 is 16.4 Å². The van der Waals surface area contributed by atoms with Crippen LogP contribution >= 0.6 is 0 Å². The first-order valence-corrected chi connectivity index (χ1v) is 17.8.